The van der Waals surface area contributed by atoms with Crippen LogP contribution in [0.4, 0.5) is 5.82 Å². The Hall–Kier alpha value is -1.32. The van der Waals surface area contributed by atoms with Gasteiger partial charge in [-0.2, -0.15) is 5.26 Å². The molecule has 1 atom stereocenters. The number of thioether (sulfide) groups is 1. The molecule has 1 saturated heterocycles. The Kier molecular flexibility index (Phi) is 3.27. The van der Waals surface area contributed by atoms with Gasteiger partial charge in [0.05, 0.1) is 12.3 Å². The largest absolute Gasteiger partial charge is 0.391 e. The first-order valence-electron chi connectivity index (χ1n) is 4.98. The molecule has 0 aromatic carbocycles. The average molecular weight is 236 g/mol. The van der Waals surface area contributed by atoms with E-state index in [1.165, 1.54) is 11.8 Å². The zero-order valence-corrected chi connectivity index (χ0v) is 9.74. The van der Waals surface area contributed by atoms with Crippen LogP contribution in [0.25, 0.3) is 0 Å². The molecule has 0 spiro atoms. The molecule has 16 heavy (non-hydrogen) atoms. The first-order chi connectivity index (χ1) is 7.74. The molecule has 84 valence electrons. The quantitative estimate of drug-likeness (QED) is 0.600. The summed E-state index contributed by atoms with van der Waals surface area (Å²) in [5.41, 5.74) is 0.465. The van der Waals surface area contributed by atoms with Crippen LogP contribution in [0.5, 0.6) is 0 Å². The normalized spacial score (nSPS) is 19.8. The maximum Gasteiger partial charge on any atom is 0.189 e. The van der Waals surface area contributed by atoms with Crippen molar-refractivity contribution in [3.05, 3.63) is 11.8 Å². The molecule has 1 unspecified atom stereocenters. The summed E-state index contributed by atoms with van der Waals surface area (Å²) in [5, 5.41) is 19.1. The Morgan fingerprint density at radius 2 is 2.50 bits per heavy atom. The van der Waals surface area contributed by atoms with E-state index in [4.69, 9.17) is 5.26 Å². The van der Waals surface area contributed by atoms with E-state index in [1.54, 1.807) is 6.20 Å². The Morgan fingerprint density at radius 3 is 3.06 bits per heavy atom. The Morgan fingerprint density at radius 1 is 1.69 bits per heavy atom. The summed E-state index contributed by atoms with van der Waals surface area (Å²) in [6.45, 7) is 1.28. The fraction of sp³-hybridized carbons (Fsp3) is 0.500. The maximum absolute atomic E-state index is 9.48. The number of hydrogen-bond acceptors (Lipinski definition) is 6. The van der Waals surface area contributed by atoms with Gasteiger partial charge in [-0.05, 0) is 12.7 Å². The number of hydrogen-bond donors (Lipinski definition) is 1. The number of nitrogens with zero attached hydrogens (tertiary/aromatic N) is 4. The molecule has 1 N–H and O–H groups in total. The third-order valence-electron chi connectivity index (χ3n) is 2.51. The number of aromatic nitrogens is 2. The second-order valence-electron chi connectivity index (χ2n) is 3.59. The van der Waals surface area contributed by atoms with E-state index in [0.29, 0.717) is 23.1 Å². The molecule has 1 aliphatic rings. The summed E-state index contributed by atoms with van der Waals surface area (Å²) in [6, 6.07) is 2.08. The van der Waals surface area contributed by atoms with Gasteiger partial charge in [0.25, 0.3) is 0 Å². The van der Waals surface area contributed by atoms with Crippen molar-refractivity contribution in [2.45, 2.75) is 17.7 Å². The van der Waals surface area contributed by atoms with E-state index < -0.39 is 0 Å². The lowest BCUT2D eigenvalue weighted by molar-refractivity contribution is 0.198. The molecule has 5 nitrogen and oxygen atoms in total. The molecule has 1 aliphatic heterocycles. The molecule has 0 amide bonds. The van der Waals surface area contributed by atoms with E-state index in [-0.39, 0.29) is 6.10 Å². The molecule has 1 aromatic rings. The highest BCUT2D eigenvalue weighted by molar-refractivity contribution is 7.98. The average Bonchev–Trinajstić information content (AvgIpc) is 2.75. The summed E-state index contributed by atoms with van der Waals surface area (Å²) < 4.78 is 0. The monoisotopic (exact) mass is 236 g/mol. The SMILES string of the molecule is CSc1ncc(C#N)c(N2CCC(O)C2)n1. The lowest BCUT2D eigenvalue weighted by atomic mass is 10.3. The second-order valence-corrected chi connectivity index (χ2v) is 4.37. The van der Waals surface area contributed by atoms with Gasteiger partial charge in [0.1, 0.15) is 11.6 Å². The predicted molar refractivity (Wildman–Crippen MR) is 61.4 cm³/mol. The molecule has 0 aliphatic carbocycles. The summed E-state index contributed by atoms with van der Waals surface area (Å²) in [5.74, 6) is 0.637. The zero-order chi connectivity index (χ0) is 11.5. The van der Waals surface area contributed by atoms with Crippen LogP contribution in [0, 0.1) is 11.3 Å². The van der Waals surface area contributed by atoms with Gasteiger partial charge >= 0.3 is 0 Å². The lowest BCUT2D eigenvalue weighted by Gasteiger charge is -2.17. The number of rotatable bonds is 2. The molecule has 1 aromatic heterocycles. The lowest BCUT2D eigenvalue weighted by Crippen LogP contribution is -2.23. The summed E-state index contributed by atoms with van der Waals surface area (Å²) in [4.78, 5) is 10.3. The first kappa shape index (κ1) is 11.2. The zero-order valence-electron chi connectivity index (χ0n) is 8.92. The van der Waals surface area contributed by atoms with Crippen LogP contribution in [0.2, 0.25) is 0 Å². The molecule has 2 heterocycles. The van der Waals surface area contributed by atoms with Gasteiger partial charge in [-0.15, -0.1) is 0 Å². The number of anilines is 1. The van der Waals surface area contributed by atoms with Crippen LogP contribution >= 0.6 is 11.8 Å². The molecular weight excluding hydrogens is 224 g/mol. The molecule has 2 rings (SSSR count). The van der Waals surface area contributed by atoms with Crippen LogP contribution in [-0.2, 0) is 0 Å². The first-order valence-corrected chi connectivity index (χ1v) is 6.21. The van der Waals surface area contributed by atoms with Crippen molar-refractivity contribution in [1.82, 2.24) is 9.97 Å². The molecule has 0 radical (unpaired) electrons. The topological polar surface area (TPSA) is 73.0 Å². The minimum Gasteiger partial charge on any atom is -0.391 e. The third-order valence-corrected chi connectivity index (χ3v) is 3.07. The Bertz CT molecular complexity index is 431. The van der Waals surface area contributed by atoms with E-state index in [0.717, 1.165) is 13.0 Å². The Labute approximate surface area is 98.1 Å². The van der Waals surface area contributed by atoms with Gasteiger partial charge in [-0.3, -0.25) is 0 Å². The molecular formula is C10H12N4OS. The van der Waals surface area contributed by atoms with Crippen molar-refractivity contribution in [2.75, 3.05) is 24.2 Å². The van der Waals surface area contributed by atoms with Gasteiger partial charge in [0.2, 0.25) is 0 Å². The highest BCUT2D eigenvalue weighted by Crippen LogP contribution is 2.23. The van der Waals surface area contributed by atoms with Crippen LogP contribution in [0.3, 0.4) is 0 Å². The van der Waals surface area contributed by atoms with Crippen LogP contribution in [-0.4, -0.2) is 40.5 Å². The van der Waals surface area contributed by atoms with E-state index >= 15 is 0 Å². The number of β-amino-alcohol motifs (C(OH)–C–C–N with tert-alkyl or cyclic N) is 1. The van der Waals surface area contributed by atoms with Crippen molar-refractivity contribution in [3.8, 4) is 6.07 Å². The number of aliphatic hydroxyl groups is 1. The van der Waals surface area contributed by atoms with Crippen molar-refractivity contribution in [3.63, 3.8) is 0 Å². The predicted octanol–water partition coefficient (Wildman–Crippen LogP) is 0.641. The van der Waals surface area contributed by atoms with Crippen molar-refractivity contribution >= 4 is 17.6 Å². The van der Waals surface area contributed by atoms with E-state index in [2.05, 4.69) is 16.0 Å². The van der Waals surface area contributed by atoms with Gasteiger partial charge in [0.15, 0.2) is 11.0 Å². The maximum atomic E-state index is 9.48. The standard InChI is InChI=1S/C10H12N4OS/c1-16-10-12-5-7(4-11)9(13-10)14-3-2-8(15)6-14/h5,8,15H,2-3,6H2,1H3. The Balaban J connectivity index is 2.34. The number of aliphatic hydroxyl groups excluding tert-OH is 1. The molecule has 0 bridgehead atoms. The number of nitriles is 1. The van der Waals surface area contributed by atoms with Crippen molar-refractivity contribution in [2.24, 2.45) is 0 Å². The van der Waals surface area contributed by atoms with E-state index in [9.17, 15) is 5.11 Å². The van der Waals surface area contributed by atoms with Crippen LogP contribution in [0.1, 0.15) is 12.0 Å². The second kappa shape index (κ2) is 4.68. The summed E-state index contributed by atoms with van der Waals surface area (Å²) >= 11 is 1.44. The van der Waals surface area contributed by atoms with E-state index in [1.807, 2.05) is 11.2 Å². The molecule has 0 saturated carbocycles. The van der Waals surface area contributed by atoms with Gasteiger partial charge in [0, 0.05) is 13.1 Å². The summed E-state index contributed by atoms with van der Waals surface area (Å²) in [7, 11) is 0. The smallest absolute Gasteiger partial charge is 0.189 e. The third kappa shape index (κ3) is 2.10. The van der Waals surface area contributed by atoms with Crippen LogP contribution < -0.4 is 4.90 Å². The van der Waals surface area contributed by atoms with Crippen LogP contribution in [0.15, 0.2) is 11.4 Å². The van der Waals surface area contributed by atoms with Gasteiger partial charge in [-0.25, -0.2) is 9.97 Å². The van der Waals surface area contributed by atoms with Crippen molar-refractivity contribution in [1.29, 1.82) is 5.26 Å². The molecule has 6 heteroatoms. The van der Waals surface area contributed by atoms with Crippen molar-refractivity contribution < 1.29 is 5.11 Å². The van der Waals surface area contributed by atoms with Gasteiger partial charge in [-0.1, -0.05) is 11.8 Å². The summed E-state index contributed by atoms with van der Waals surface area (Å²) in [6.07, 6.45) is 3.84. The minimum atomic E-state index is -0.320. The molecule has 1 fully saturated rings. The highest BCUT2D eigenvalue weighted by Gasteiger charge is 2.24. The minimum absolute atomic E-state index is 0.320. The fourth-order valence-corrected chi connectivity index (χ4v) is 2.05. The fourth-order valence-electron chi connectivity index (χ4n) is 1.71. The highest BCUT2D eigenvalue weighted by atomic mass is 32.2. The van der Waals surface area contributed by atoms with Gasteiger partial charge < -0.3 is 10.0 Å².